The Kier molecular flexibility index (Phi) is 6.20. The molecule has 0 heterocycles. The first-order valence-corrected chi connectivity index (χ1v) is 8.54. The molecule has 23 heavy (non-hydrogen) atoms. The smallest absolute Gasteiger partial charge is 0.131 e. The quantitative estimate of drug-likeness (QED) is 0.605. The van der Waals surface area contributed by atoms with Crippen molar-refractivity contribution in [2.45, 2.75) is 46.5 Å². The van der Waals surface area contributed by atoms with Gasteiger partial charge in [0.15, 0.2) is 0 Å². The second-order valence-electron chi connectivity index (χ2n) is 6.29. The molecule has 0 aliphatic rings. The van der Waals surface area contributed by atoms with Gasteiger partial charge in [-0.2, -0.15) is 0 Å². The van der Waals surface area contributed by atoms with E-state index in [1.807, 2.05) is 0 Å². The van der Waals surface area contributed by atoms with Gasteiger partial charge in [0.2, 0.25) is 0 Å². The van der Waals surface area contributed by atoms with Gasteiger partial charge in [-0.3, -0.25) is 0 Å². The molecule has 124 valence electrons. The summed E-state index contributed by atoms with van der Waals surface area (Å²) in [5.41, 5.74) is 4.15. The highest BCUT2D eigenvalue weighted by Crippen LogP contribution is 2.32. The van der Waals surface area contributed by atoms with Crippen LogP contribution in [0.5, 0.6) is 5.75 Å². The van der Waals surface area contributed by atoms with Gasteiger partial charge in [0.25, 0.3) is 0 Å². The van der Waals surface area contributed by atoms with Crippen molar-refractivity contribution >= 4 is 0 Å². The van der Waals surface area contributed by atoms with Crippen LogP contribution >= 0.6 is 0 Å². The Labute approximate surface area is 139 Å². The van der Waals surface area contributed by atoms with Crippen LogP contribution < -0.4 is 4.74 Å². The summed E-state index contributed by atoms with van der Waals surface area (Å²) in [6.45, 7) is 6.63. The number of rotatable bonds is 7. The van der Waals surface area contributed by atoms with Crippen molar-refractivity contribution in [1.29, 1.82) is 0 Å². The van der Waals surface area contributed by atoms with Crippen molar-refractivity contribution in [3.63, 3.8) is 0 Å². The third-order valence-electron chi connectivity index (χ3n) is 4.39. The zero-order chi connectivity index (χ0) is 16.8. The molecule has 1 unspecified atom stereocenters. The van der Waals surface area contributed by atoms with E-state index in [2.05, 4.69) is 39.0 Å². The van der Waals surface area contributed by atoms with Crippen LogP contribution in [-0.2, 0) is 12.8 Å². The summed E-state index contributed by atoms with van der Waals surface area (Å²) in [5.74, 6) is 1.09. The molecule has 0 aromatic heterocycles. The van der Waals surface area contributed by atoms with Crippen LogP contribution in [0.2, 0.25) is 0 Å². The summed E-state index contributed by atoms with van der Waals surface area (Å²) < 4.78 is 19.7. The summed E-state index contributed by atoms with van der Waals surface area (Å²) >= 11 is 0. The molecule has 0 N–H and O–H groups in total. The molecule has 1 nitrogen and oxygen atoms in total. The summed E-state index contributed by atoms with van der Waals surface area (Å²) in [7, 11) is 1.61. The van der Waals surface area contributed by atoms with Gasteiger partial charge in [-0.15, -0.1) is 0 Å². The van der Waals surface area contributed by atoms with Gasteiger partial charge in [0.05, 0.1) is 7.11 Å². The normalized spacial score (nSPS) is 12.2. The first kappa shape index (κ1) is 17.5. The molecule has 2 aromatic carbocycles. The molecule has 0 fully saturated rings. The minimum absolute atomic E-state index is 0.195. The number of halogens is 1. The molecule has 2 heteroatoms. The van der Waals surface area contributed by atoms with E-state index in [1.54, 1.807) is 19.2 Å². The number of hydrogen-bond donors (Lipinski definition) is 0. The maximum Gasteiger partial charge on any atom is 0.131 e. The molecule has 2 aromatic rings. The van der Waals surface area contributed by atoms with Crippen molar-refractivity contribution in [2.75, 3.05) is 7.11 Å². The molecule has 0 amide bonds. The van der Waals surface area contributed by atoms with E-state index in [1.165, 1.54) is 30.0 Å². The van der Waals surface area contributed by atoms with E-state index in [0.717, 1.165) is 18.4 Å². The Hall–Kier alpha value is -1.83. The number of methoxy groups -OCH3 is 1. The van der Waals surface area contributed by atoms with Crippen LogP contribution in [0.25, 0.3) is 11.1 Å². The third kappa shape index (κ3) is 4.34. The summed E-state index contributed by atoms with van der Waals surface area (Å²) in [6.07, 6.45) is 4.34. The summed E-state index contributed by atoms with van der Waals surface area (Å²) in [4.78, 5) is 0. The Morgan fingerprint density at radius 1 is 1.04 bits per heavy atom. The summed E-state index contributed by atoms with van der Waals surface area (Å²) in [6, 6.07) is 11.3. The fourth-order valence-corrected chi connectivity index (χ4v) is 3.11. The van der Waals surface area contributed by atoms with Crippen molar-refractivity contribution in [3.05, 3.63) is 53.3 Å². The van der Waals surface area contributed by atoms with Gasteiger partial charge in [-0.25, -0.2) is 4.39 Å². The van der Waals surface area contributed by atoms with Crippen LogP contribution in [0.4, 0.5) is 4.39 Å². The second-order valence-corrected chi connectivity index (χ2v) is 6.29. The Morgan fingerprint density at radius 2 is 1.83 bits per heavy atom. The fourth-order valence-electron chi connectivity index (χ4n) is 3.11. The van der Waals surface area contributed by atoms with Crippen LogP contribution in [0.3, 0.4) is 0 Å². The number of aryl methyl sites for hydroxylation is 1. The lowest BCUT2D eigenvalue weighted by Gasteiger charge is -2.17. The lowest BCUT2D eigenvalue weighted by Crippen LogP contribution is -2.03. The highest BCUT2D eigenvalue weighted by molar-refractivity contribution is 5.70. The molecule has 0 aliphatic heterocycles. The van der Waals surface area contributed by atoms with Crippen LogP contribution in [0.1, 0.15) is 44.7 Å². The molecule has 0 saturated heterocycles. The number of benzene rings is 2. The van der Waals surface area contributed by atoms with E-state index < -0.39 is 0 Å². The molecule has 1 atom stereocenters. The van der Waals surface area contributed by atoms with Gasteiger partial charge in [0.1, 0.15) is 11.6 Å². The van der Waals surface area contributed by atoms with E-state index in [9.17, 15) is 4.39 Å². The first-order chi connectivity index (χ1) is 11.1. The predicted octanol–water partition coefficient (Wildman–Crippen LogP) is 6.04. The maximum absolute atomic E-state index is 14.4. The van der Waals surface area contributed by atoms with Crippen molar-refractivity contribution < 1.29 is 9.13 Å². The van der Waals surface area contributed by atoms with Crippen LogP contribution in [0.15, 0.2) is 36.4 Å². The molecule has 0 spiro atoms. The van der Waals surface area contributed by atoms with Crippen LogP contribution in [0, 0.1) is 11.7 Å². The SMILES string of the molecule is CCCC(C)Cc1cc(CC)ccc1-c1cc(OC)ccc1F. The zero-order valence-electron chi connectivity index (χ0n) is 14.7. The Bertz CT molecular complexity index is 648. The number of hydrogen-bond acceptors (Lipinski definition) is 1. The minimum Gasteiger partial charge on any atom is -0.497 e. The first-order valence-electron chi connectivity index (χ1n) is 8.54. The van der Waals surface area contributed by atoms with E-state index in [-0.39, 0.29) is 5.82 Å². The maximum atomic E-state index is 14.4. The van der Waals surface area contributed by atoms with E-state index in [0.29, 0.717) is 17.2 Å². The fraction of sp³-hybridized carbons (Fsp3) is 0.429. The molecule has 0 radical (unpaired) electrons. The Morgan fingerprint density at radius 3 is 2.48 bits per heavy atom. The zero-order valence-corrected chi connectivity index (χ0v) is 14.7. The largest absolute Gasteiger partial charge is 0.497 e. The van der Waals surface area contributed by atoms with Gasteiger partial charge in [-0.05, 0) is 53.6 Å². The van der Waals surface area contributed by atoms with Gasteiger partial charge in [-0.1, -0.05) is 51.8 Å². The molecule has 0 aliphatic carbocycles. The highest BCUT2D eigenvalue weighted by atomic mass is 19.1. The van der Waals surface area contributed by atoms with Gasteiger partial charge in [0, 0.05) is 5.56 Å². The molecule has 2 rings (SSSR count). The second kappa shape index (κ2) is 8.14. The average Bonchev–Trinajstić information content (AvgIpc) is 2.55. The average molecular weight is 314 g/mol. The lowest BCUT2D eigenvalue weighted by molar-refractivity contribution is 0.414. The molecular formula is C21H27FO. The predicted molar refractivity (Wildman–Crippen MR) is 95.5 cm³/mol. The van der Waals surface area contributed by atoms with Gasteiger partial charge < -0.3 is 4.74 Å². The molecule has 0 saturated carbocycles. The van der Waals surface area contributed by atoms with Gasteiger partial charge >= 0.3 is 0 Å². The standard InChI is InChI=1S/C21H27FO/c1-5-7-15(3)12-17-13-16(6-2)8-10-19(17)20-14-18(23-4)9-11-21(20)22/h8-11,13-15H,5-7,12H2,1-4H3. The Balaban J connectivity index is 2.48. The van der Waals surface area contributed by atoms with Crippen molar-refractivity contribution in [2.24, 2.45) is 5.92 Å². The van der Waals surface area contributed by atoms with E-state index >= 15 is 0 Å². The summed E-state index contributed by atoms with van der Waals surface area (Å²) in [5, 5.41) is 0. The lowest BCUT2D eigenvalue weighted by atomic mass is 9.89. The topological polar surface area (TPSA) is 9.23 Å². The van der Waals surface area contributed by atoms with E-state index in [4.69, 9.17) is 4.74 Å². The van der Waals surface area contributed by atoms with Crippen LogP contribution in [-0.4, -0.2) is 7.11 Å². The van der Waals surface area contributed by atoms with Crippen molar-refractivity contribution in [3.8, 4) is 16.9 Å². The van der Waals surface area contributed by atoms with Crippen molar-refractivity contribution in [1.82, 2.24) is 0 Å². The third-order valence-corrected chi connectivity index (χ3v) is 4.39. The monoisotopic (exact) mass is 314 g/mol. The molecule has 0 bridgehead atoms. The molecular weight excluding hydrogens is 287 g/mol. The number of ether oxygens (including phenoxy) is 1. The minimum atomic E-state index is -0.195. The highest BCUT2D eigenvalue weighted by Gasteiger charge is 2.14.